The molecule has 2 aliphatic rings. The third-order valence-electron chi connectivity index (χ3n) is 5.27. The van der Waals surface area contributed by atoms with Gasteiger partial charge < -0.3 is 15.5 Å². The SMILES string of the molecule is CC.CC(C)N(C(=O)c1cc2c(cc1C(F)(F)F)SC(C)(C)C(=O)N2)[C@@H]1CCCNC1. The van der Waals surface area contributed by atoms with E-state index < -0.39 is 28.0 Å². The Kier molecular flexibility index (Phi) is 8.08. The van der Waals surface area contributed by atoms with Crippen LogP contribution in [0.3, 0.4) is 0 Å². The minimum absolute atomic E-state index is 0.170. The molecule has 31 heavy (non-hydrogen) atoms. The van der Waals surface area contributed by atoms with Crippen molar-refractivity contribution in [1.82, 2.24) is 10.2 Å². The van der Waals surface area contributed by atoms with Crippen molar-refractivity contribution in [2.75, 3.05) is 18.4 Å². The van der Waals surface area contributed by atoms with Crippen LogP contribution in [-0.4, -0.2) is 46.6 Å². The molecule has 0 bridgehead atoms. The van der Waals surface area contributed by atoms with Crippen LogP contribution in [0.5, 0.6) is 0 Å². The normalized spacial score (nSPS) is 20.3. The Balaban J connectivity index is 0.00000166. The van der Waals surface area contributed by atoms with Crippen LogP contribution in [0.15, 0.2) is 17.0 Å². The molecule has 1 aromatic carbocycles. The molecule has 1 aromatic rings. The Morgan fingerprint density at radius 1 is 1.26 bits per heavy atom. The number of hydrogen-bond acceptors (Lipinski definition) is 4. The number of benzene rings is 1. The number of carbonyl (C=O) groups is 2. The van der Waals surface area contributed by atoms with Crippen molar-refractivity contribution >= 4 is 29.3 Å². The summed E-state index contributed by atoms with van der Waals surface area (Å²) in [6.45, 7) is 12.3. The number of alkyl halides is 3. The Hall–Kier alpha value is -1.74. The van der Waals surface area contributed by atoms with E-state index in [-0.39, 0.29) is 23.7 Å². The summed E-state index contributed by atoms with van der Waals surface area (Å²) in [4.78, 5) is 27.4. The third kappa shape index (κ3) is 5.55. The molecule has 0 aliphatic carbocycles. The number of amides is 2. The predicted molar refractivity (Wildman–Crippen MR) is 119 cm³/mol. The molecule has 0 spiro atoms. The van der Waals surface area contributed by atoms with Crippen LogP contribution in [0.25, 0.3) is 0 Å². The summed E-state index contributed by atoms with van der Waals surface area (Å²) < 4.78 is 40.7. The van der Waals surface area contributed by atoms with Crippen LogP contribution in [-0.2, 0) is 11.0 Å². The van der Waals surface area contributed by atoms with Gasteiger partial charge in [-0.2, -0.15) is 13.2 Å². The van der Waals surface area contributed by atoms with Crippen LogP contribution in [0.4, 0.5) is 18.9 Å². The molecule has 2 N–H and O–H groups in total. The molecule has 2 heterocycles. The zero-order valence-electron chi connectivity index (χ0n) is 18.9. The van der Waals surface area contributed by atoms with Crippen molar-refractivity contribution in [3.63, 3.8) is 0 Å². The average molecular weight is 460 g/mol. The second kappa shape index (κ2) is 9.81. The maximum absolute atomic E-state index is 13.9. The first-order valence-electron chi connectivity index (χ1n) is 10.7. The topological polar surface area (TPSA) is 61.4 Å². The van der Waals surface area contributed by atoms with Crippen molar-refractivity contribution < 1.29 is 22.8 Å². The first-order valence-corrected chi connectivity index (χ1v) is 11.5. The van der Waals surface area contributed by atoms with Gasteiger partial charge in [0.1, 0.15) is 0 Å². The first kappa shape index (κ1) is 25.5. The number of nitrogens with one attached hydrogen (secondary N) is 2. The summed E-state index contributed by atoms with van der Waals surface area (Å²) in [6.07, 6.45) is -3.08. The number of rotatable bonds is 3. The van der Waals surface area contributed by atoms with Gasteiger partial charge in [-0.15, -0.1) is 11.8 Å². The number of piperidine rings is 1. The highest BCUT2D eigenvalue weighted by Gasteiger charge is 2.42. The number of halogens is 3. The maximum atomic E-state index is 13.9. The van der Waals surface area contributed by atoms with E-state index in [0.29, 0.717) is 11.4 Å². The number of anilines is 1. The fourth-order valence-corrected chi connectivity index (χ4v) is 4.89. The molecule has 1 fully saturated rings. The summed E-state index contributed by atoms with van der Waals surface area (Å²) in [7, 11) is 0. The Labute approximate surface area is 186 Å². The maximum Gasteiger partial charge on any atom is 0.417 e. The molecular formula is C22H32F3N3O2S. The second-order valence-electron chi connectivity index (χ2n) is 8.26. The van der Waals surface area contributed by atoms with E-state index in [1.807, 2.05) is 13.8 Å². The standard InChI is InChI=1S/C20H26F3N3O2S.C2H6/c1-11(2)26(12-6-5-7-24-10-12)17(27)13-8-15-16(9-14(13)20(21,22)23)29-19(3,4)18(28)25-15;1-2/h8-9,11-12,24H,5-7,10H2,1-4H3,(H,25,28);1-2H3/t12-;/m1./s1. The molecule has 1 atom stereocenters. The van der Waals surface area contributed by atoms with Crippen LogP contribution in [0, 0.1) is 0 Å². The van der Waals surface area contributed by atoms with Gasteiger partial charge in [-0.25, -0.2) is 0 Å². The fraction of sp³-hybridized carbons (Fsp3) is 0.636. The highest BCUT2D eigenvalue weighted by atomic mass is 32.2. The smallest absolute Gasteiger partial charge is 0.332 e. The molecule has 0 unspecified atom stereocenters. The number of nitrogens with zero attached hydrogens (tertiary/aromatic N) is 1. The largest absolute Gasteiger partial charge is 0.417 e. The summed E-state index contributed by atoms with van der Waals surface area (Å²) >= 11 is 1.07. The minimum Gasteiger partial charge on any atom is -0.332 e. The van der Waals surface area contributed by atoms with E-state index in [1.165, 1.54) is 11.0 Å². The van der Waals surface area contributed by atoms with Crippen molar-refractivity contribution in [1.29, 1.82) is 0 Å². The van der Waals surface area contributed by atoms with Gasteiger partial charge in [0.2, 0.25) is 5.91 Å². The molecule has 0 saturated carbocycles. The van der Waals surface area contributed by atoms with Gasteiger partial charge in [0.25, 0.3) is 5.91 Å². The summed E-state index contributed by atoms with van der Waals surface area (Å²) in [5.41, 5.74) is -1.13. The summed E-state index contributed by atoms with van der Waals surface area (Å²) in [6, 6.07) is 1.75. The highest BCUT2D eigenvalue weighted by molar-refractivity contribution is 8.01. The molecular weight excluding hydrogens is 427 g/mol. The van der Waals surface area contributed by atoms with Crippen LogP contribution >= 0.6 is 11.8 Å². The minimum atomic E-state index is -4.68. The van der Waals surface area contributed by atoms with Gasteiger partial charge in [0, 0.05) is 23.5 Å². The molecule has 0 radical (unpaired) electrons. The van der Waals surface area contributed by atoms with Crippen molar-refractivity contribution in [2.45, 2.75) is 82.3 Å². The Bertz CT molecular complexity index is 819. The first-order chi connectivity index (χ1) is 14.4. The van der Waals surface area contributed by atoms with Gasteiger partial charge in [-0.1, -0.05) is 13.8 Å². The monoisotopic (exact) mass is 459 g/mol. The molecule has 2 amide bonds. The number of fused-ring (bicyclic) bond motifs is 1. The van der Waals surface area contributed by atoms with Crippen LogP contribution in [0.1, 0.15) is 70.3 Å². The van der Waals surface area contributed by atoms with Gasteiger partial charge in [-0.3, -0.25) is 9.59 Å². The van der Waals surface area contributed by atoms with Gasteiger partial charge in [0.05, 0.1) is 21.6 Å². The lowest BCUT2D eigenvalue weighted by molar-refractivity contribution is -0.138. The van der Waals surface area contributed by atoms with E-state index >= 15 is 0 Å². The van der Waals surface area contributed by atoms with E-state index in [9.17, 15) is 22.8 Å². The molecule has 174 valence electrons. The molecule has 9 heteroatoms. The quantitative estimate of drug-likeness (QED) is 0.656. The average Bonchev–Trinajstić information content (AvgIpc) is 2.69. The fourth-order valence-electron chi connectivity index (χ4n) is 3.80. The number of hydrogen-bond donors (Lipinski definition) is 2. The summed E-state index contributed by atoms with van der Waals surface area (Å²) in [5, 5.41) is 5.87. The molecule has 0 aromatic heterocycles. The van der Waals surface area contributed by atoms with E-state index in [2.05, 4.69) is 10.6 Å². The van der Waals surface area contributed by atoms with E-state index in [1.54, 1.807) is 27.7 Å². The lowest BCUT2D eigenvalue weighted by Gasteiger charge is -2.38. The summed E-state index contributed by atoms with van der Waals surface area (Å²) in [5.74, 6) is -0.960. The lowest BCUT2D eigenvalue weighted by Crippen LogP contribution is -2.52. The van der Waals surface area contributed by atoms with Gasteiger partial charge in [-0.05, 0) is 59.2 Å². The number of carbonyl (C=O) groups excluding carboxylic acids is 2. The number of thioether (sulfide) groups is 1. The second-order valence-corrected chi connectivity index (χ2v) is 9.93. The van der Waals surface area contributed by atoms with Crippen molar-refractivity contribution in [3.8, 4) is 0 Å². The van der Waals surface area contributed by atoms with Crippen LogP contribution in [0.2, 0.25) is 0 Å². The van der Waals surface area contributed by atoms with E-state index in [4.69, 9.17) is 0 Å². The predicted octanol–water partition coefficient (Wildman–Crippen LogP) is 5.16. The van der Waals surface area contributed by atoms with Crippen molar-refractivity contribution in [2.24, 2.45) is 0 Å². The van der Waals surface area contributed by atoms with Crippen molar-refractivity contribution in [3.05, 3.63) is 23.3 Å². The van der Waals surface area contributed by atoms with E-state index in [0.717, 1.165) is 37.2 Å². The van der Waals surface area contributed by atoms with Crippen LogP contribution < -0.4 is 10.6 Å². The lowest BCUT2D eigenvalue weighted by atomic mass is 9.99. The molecule has 3 rings (SSSR count). The zero-order valence-corrected chi connectivity index (χ0v) is 19.8. The molecule has 1 saturated heterocycles. The van der Waals surface area contributed by atoms with Gasteiger partial charge >= 0.3 is 6.18 Å². The Morgan fingerprint density at radius 2 is 1.90 bits per heavy atom. The van der Waals surface area contributed by atoms with Gasteiger partial charge in [0.15, 0.2) is 0 Å². The Morgan fingerprint density at radius 3 is 2.42 bits per heavy atom. The molecule has 5 nitrogen and oxygen atoms in total. The zero-order chi connectivity index (χ0) is 23.6. The third-order valence-corrected chi connectivity index (χ3v) is 6.52. The highest BCUT2D eigenvalue weighted by Crippen LogP contribution is 2.46. The molecule has 2 aliphatic heterocycles.